The minimum Gasteiger partial charge on any atom is -0.349 e. The van der Waals surface area contributed by atoms with Gasteiger partial charge in [0.05, 0.1) is 0 Å². The number of aryl methyl sites for hydroxylation is 1. The quantitative estimate of drug-likeness (QED) is 0.704. The van der Waals surface area contributed by atoms with Crippen molar-refractivity contribution >= 4 is 19.1 Å². The first kappa shape index (κ1) is 21.2. The second-order valence-corrected chi connectivity index (χ2v) is 7.86. The van der Waals surface area contributed by atoms with E-state index in [1.807, 2.05) is 55.4 Å². The number of rotatable bonds is 7. The zero-order valence-corrected chi connectivity index (χ0v) is 17.4. The summed E-state index contributed by atoms with van der Waals surface area (Å²) in [7, 11) is 2.10. The summed E-state index contributed by atoms with van der Waals surface area (Å²) in [4.78, 5) is 24.9. The van der Waals surface area contributed by atoms with Gasteiger partial charge in [0.1, 0.15) is 7.28 Å². The number of benzene rings is 2. The Morgan fingerprint density at radius 3 is 1.59 bits per heavy atom. The summed E-state index contributed by atoms with van der Waals surface area (Å²) in [5.74, 6) is -0.0231. The van der Waals surface area contributed by atoms with Crippen LogP contribution in [0.1, 0.15) is 64.4 Å². The van der Waals surface area contributed by atoms with Gasteiger partial charge in [-0.3, -0.25) is 9.59 Å². The molecular formula is C24H30BN2O2. The van der Waals surface area contributed by atoms with Crippen LogP contribution in [0.2, 0.25) is 6.82 Å². The van der Waals surface area contributed by atoms with Crippen LogP contribution in [0.15, 0.2) is 48.5 Å². The van der Waals surface area contributed by atoms with E-state index in [1.165, 1.54) is 11.1 Å². The molecule has 5 heteroatoms. The molecule has 0 aromatic heterocycles. The van der Waals surface area contributed by atoms with Crippen LogP contribution in [0.5, 0.6) is 0 Å². The van der Waals surface area contributed by atoms with Gasteiger partial charge in [0, 0.05) is 23.2 Å². The van der Waals surface area contributed by atoms with Gasteiger partial charge in [-0.15, -0.1) is 0 Å². The highest BCUT2D eigenvalue weighted by atomic mass is 16.2. The number of nitrogens with one attached hydrogen (secondary N) is 2. The zero-order valence-electron chi connectivity index (χ0n) is 17.4. The summed E-state index contributed by atoms with van der Waals surface area (Å²) < 4.78 is 0. The molecular weight excluding hydrogens is 359 g/mol. The standard InChI is InChI=1S/C24H30BN2O2/c1-3-17-4-8-19(9-5-17)23(28)26-21-12-14-22(15-13-21)27-24(29)20-10-6-18(7-11-20)16-25-2/h4-11,21-22H,3,12-16H2,1-2H3,(H,26,28)(H,27,29). The van der Waals surface area contributed by atoms with Crippen LogP contribution in [-0.4, -0.2) is 31.2 Å². The van der Waals surface area contributed by atoms with Crippen LogP contribution >= 0.6 is 0 Å². The Bertz CT molecular complexity index is 810. The molecule has 0 heterocycles. The fourth-order valence-electron chi connectivity index (χ4n) is 3.84. The number of hydrogen-bond donors (Lipinski definition) is 2. The van der Waals surface area contributed by atoms with Gasteiger partial charge in [-0.05, 0) is 61.9 Å². The highest BCUT2D eigenvalue weighted by Crippen LogP contribution is 2.20. The molecule has 1 fully saturated rings. The van der Waals surface area contributed by atoms with Crippen molar-refractivity contribution in [2.75, 3.05) is 0 Å². The SMILES string of the molecule is C[B]Cc1ccc(C(=O)NC2CCC(NC(=O)c3ccc(CC)cc3)CC2)cc1. The van der Waals surface area contributed by atoms with Gasteiger partial charge < -0.3 is 10.6 Å². The first-order chi connectivity index (χ1) is 14.1. The first-order valence-corrected chi connectivity index (χ1v) is 10.7. The number of amides is 2. The van der Waals surface area contributed by atoms with Gasteiger partial charge in [0.15, 0.2) is 0 Å². The van der Waals surface area contributed by atoms with Crippen molar-refractivity contribution in [3.63, 3.8) is 0 Å². The summed E-state index contributed by atoms with van der Waals surface area (Å²) in [6, 6.07) is 15.9. The number of carbonyl (C=O) groups excluding carboxylic acids is 2. The molecule has 2 amide bonds. The third-order valence-electron chi connectivity index (χ3n) is 5.68. The van der Waals surface area contributed by atoms with Crippen molar-refractivity contribution in [1.82, 2.24) is 10.6 Å². The molecule has 0 atom stereocenters. The van der Waals surface area contributed by atoms with Crippen LogP contribution < -0.4 is 10.6 Å². The second kappa shape index (κ2) is 10.3. The lowest BCUT2D eigenvalue weighted by molar-refractivity contribution is 0.0892. The van der Waals surface area contributed by atoms with Crippen molar-refractivity contribution < 1.29 is 9.59 Å². The van der Waals surface area contributed by atoms with Gasteiger partial charge >= 0.3 is 0 Å². The normalized spacial score (nSPS) is 18.7. The van der Waals surface area contributed by atoms with Gasteiger partial charge in [-0.1, -0.05) is 49.9 Å². The van der Waals surface area contributed by atoms with Gasteiger partial charge in [-0.25, -0.2) is 0 Å². The van der Waals surface area contributed by atoms with Gasteiger partial charge in [0.2, 0.25) is 0 Å². The van der Waals surface area contributed by atoms with E-state index in [9.17, 15) is 9.59 Å². The smallest absolute Gasteiger partial charge is 0.251 e. The maximum absolute atomic E-state index is 12.5. The van der Waals surface area contributed by atoms with Gasteiger partial charge in [0.25, 0.3) is 11.8 Å². The molecule has 2 N–H and O–H groups in total. The van der Waals surface area contributed by atoms with Crippen LogP contribution in [0, 0.1) is 0 Å². The first-order valence-electron chi connectivity index (χ1n) is 10.7. The Kier molecular flexibility index (Phi) is 7.51. The summed E-state index contributed by atoms with van der Waals surface area (Å²) in [5, 5.41) is 6.29. The maximum atomic E-state index is 12.5. The molecule has 1 aliphatic carbocycles. The van der Waals surface area contributed by atoms with Crippen molar-refractivity contribution in [1.29, 1.82) is 0 Å². The van der Waals surface area contributed by atoms with E-state index in [-0.39, 0.29) is 23.9 Å². The van der Waals surface area contributed by atoms with E-state index < -0.39 is 0 Å². The predicted octanol–water partition coefficient (Wildman–Crippen LogP) is 3.97. The Morgan fingerprint density at radius 2 is 1.21 bits per heavy atom. The fourth-order valence-corrected chi connectivity index (χ4v) is 3.84. The molecule has 0 unspecified atom stereocenters. The Morgan fingerprint density at radius 1 is 0.793 bits per heavy atom. The highest BCUT2D eigenvalue weighted by molar-refractivity contribution is 6.32. The zero-order chi connectivity index (χ0) is 20.6. The van der Waals surface area contributed by atoms with Crippen molar-refractivity contribution in [2.24, 2.45) is 0 Å². The molecule has 1 radical (unpaired) electrons. The lowest BCUT2D eigenvalue weighted by Crippen LogP contribution is -2.43. The average molecular weight is 389 g/mol. The third kappa shape index (κ3) is 5.96. The van der Waals surface area contributed by atoms with Crippen LogP contribution in [0.4, 0.5) is 0 Å². The molecule has 29 heavy (non-hydrogen) atoms. The molecule has 1 aliphatic rings. The minimum atomic E-state index is -0.0134. The topological polar surface area (TPSA) is 58.2 Å². The van der Waals surface area contributed by atoms with Crippen molar-refractivity contribution in [3.8, 4) is 0 Å². The van der Waals surface area contributed by atoms with E-state index in [1.54, 1.807) is 0 Å². The van der Waals surface area contributed by atoms with Crippen molar-refractivity contribution in [3.05, 3.63) is 70.8 Å². The Hall–Kier alpha value is -2.56. The van der Waals surface area contributed by atoms with E-state index in [0.717, 1.165) is 38.4 Å². The second-order valence-electron chi connectivity index (χ2n) is 7.86. The summed E-state index contributed by atoms with van der Waals surface area (Å²) in [6.45, 7) is 4.13. The van der Waals surface area contributed by atoms with Crippen LogP contribution in [-0.2, 0) is 12.7 Å². The van der Waals surface area contributed by atoms with E-state index in [4.69, 9.17) is 0 Å². The molecule has 2 aromatic rings. The molecule has 3 rings (SSSR count). The summed E-state index contributed by atoms with van der Waals surface area (Å²) in [5.41, 5.74) is 3.86. The van der Waals surface area contributed by atoms with E-state index >= 15 is 0 Å². The number of carbonyl (C=O) groups is 2. The Balaban J connectivity index is 1.44. The summed E-state index contributed by atoms with van der Waals surface area (Å²) >= 11 is 0. The van der Waals surface area contributed by atoms with Crippen LogP contribution in [0.3, 0.4) is 0 Å². The molecule has 151 valence electrons. The minimum absolute atomic E-state index is 0.00967. The molecule has 2 aromatic carbocycles. The lowest BCUT2D eigenvalue weighted by atomic mass is 9.75. The summed E-state index contributed by atoms with van der Waals surface area (Å²) in [6.07, 6.45) is 5.42. The lowest BCUT2D eigenvalue weighted by Gasteiger charge is -2.29. The molecule has 0 spiro atoms. The monoisotopic (exact) mass is 389 g/mol. The highest BCUT2D eigenvalue weighted by Gasteiger charge is 2.24. The molecule has 1 saturated carbocycles. The largest absolute Gasteiger partial charge is 0.349 e. The van der Waals surface area contributed by atoms with Gasteiger partial charge in [-0.2, -0.15) is 0 Å². The van der Waals surface area contributed by atoms with Crippen LogP contribution in [0.25, 0.3) is 0 Å². The maximum Gasteiger partial charge on any atom is 0.251 e. The molecule has 0 saturated heterocycles. The van der Waals surface area contributed by atoms with E-state index in [2.05, 4.69) is 24.8 Å². The van der Waals surface area contributed by atoms with Crippen molar-refractivity contribution in [2.45, 2.75) is 64.3 Å². The molecule has 4 nitrogen and oxygen atoms in total. The molecule has 0 bridgehead atoms. The fraction of sp³-hybridized carbons (Fsp3) is 0.417. The average Bonchev–Trinajstić information content (AvgIpc) is 2.76. The predicted molar refractivity (Wildman–Crippen MR) is 119 cm³/mol. The number of hydrogen-bond acceptors (Lipinski definition) is 2. The molecule has 0 aliphatic heterocycles. The Labute approximate surface area is 174 Å². The third-order valence-corrected chi connectivity index (χ3v) is 5.68. The van der Waals surface area contributed by atoms with E-state index in [0.29, 0.717) is 11.1 Å².